The molecule has 0 saturated heterocycles. The summed E-state index contributed by atoms with van der Waals surface area (Å²) in [4.78, 5) is 42.3. The molecule has 0 aliphatic heterocycles. The maximum atomic E-state index is 10.6. The molecule has 0 atom stereocenters. The molecule has 0 aromatic carbocycles. The summed E-state index contributed by atoms with van der Waals surface area (Å²) < 4.78 is -1.07. The van der Waals surface area contributed by atoms with Gasteiger partial charge in [-0.3, -0.25) is 4.48 Å². The van der Waals surface area contributed by atoms with E-state index < -0.39 is 54.5 Å². The Morgan fingerprint density at radius 3 is 1.00 bits per heavy atom. The van der Waals surface area contributed by atoms with Gasteiger partial charge < -0.3 is 26.6 Å². The van der Waals surface area contributed by atoms with Crippen LogP contribution in [0.2, 0.25) is 0 Å². The molecule has 0 rings (SSSR count). The Hall–Kier alpha value is 0.0465. The average molecular weight is 401 g/mol. The number of hydrogen-bond acceptors (Lipinski definition) is 5. The quantitative estimate of drug-likeness (QED) is 0.220. The molecule has 0 amide bonds. The molecule has 0 unspecified atom stereocenters. The van der Waals surface area contributed by atoms with Gasteiger partial charge in [0.15, 0.2) is 26.2 Å². The van der Waals surface area contributed by atoms with Crippen molar-refractivity contribution in [1.82, 2.24) is 6.15 Å². The summed E-state index contributed by atoms with van der Waals surface area (Å²) >= 11 is 3.59. The molecule has 0 aromatic heterocycles. The molecular formula is C10H20CoN2Na2O8+. The molecule has 0 saturated carbocycles. The van der Waals surface area contributed by atoms with Gasteiger partial charge in [-0.1, -0.05) is 0 Å². The Balaban J connectivity index is -0.000000166. The molecule has 10 nitrogen and oxygen atoms in total. The number of carbonyl (C=O) groups is 4. The van der Waals surface area contributed by atoms with Gasteiger partial charge in [-0.05, 0) is 0 Å². The van der Waals surface area contributed by atoms with Crippen LogP contribution in [0.1, 0.15) is 0 Å². The Kier molecular flexibility index (Phi) is 27.5. The summed E-state index contributed by atoms with van der Waals surface area (Å²) in [6, 6.07) is 0. The van der Waals surface area contributed by atoms with Crippen molar-refractivity contribution >= 4 is 83.0 Å². The van der Waals surface area contributed by atoms with E-state index in [-0.39, 0.29) is 65.3 Å². The number of carboxylic acid groups (broad SMARTS) is 4. The minimum atomic E-state index is -1.46. The molecule has 0 aromatic rings. The van der Waals surface area contributed by atoms with Crippen molar-refractivity contribution in [3.8, 4) is 0 Å². The maximum absolute atomic E-state index is 10.6. The van der Waals surface area contributed by atoms with E-state index in [9.17, 15) is 19.2 Å². The van der Waals surface area contributed by atoms with Crippen LogP contribution >= 0.6 is 0 Å². The minimum absolute atomic E-state index is 0. The third-order valence-corrected chi connectivity index (χ3v) is 1.88. The Labute approximate surface area is 185 Å². The third kappa shape index (κ3) is 22.0. The van der Waals surface area contributed by atoms with E-state index in [2.05, 4.69) is 22.3 Å². The molecule has 0 spiro atoms. The van der Waals surface area contributed by atoms with Crippen molar-refractivity contribution in [2.75, 3.05) is 26.2 Å². The molecule has 0 aliphatic rings. The third-order valence-electron chi connectivity index (χ3n) is 1.88. The van der Waals surface area contributed by atoms with Gasteiger partial charge in [0.05, 0.1) is 0 Å². The van der Waals surface area contributed by atoms with Crippen LogP contribution in [-0.4, -0.2) is 134 Å². The van der Waals surface area contributed by atoms with Crippen LogP contribution in [-0.2, 0) is 34.9 Å². The van der Waals surface area contributed by atoms with Crippen molar-refractivity contribution in [3.63, 3.8) is 0 Å². The second-order valence-electron chi connectivity index (χ2n) is 3.69. The second kappa shape index (κ2) is 18.4. The first kappa shape index (κ1) is 34.4. The van der Waals surface area contributed by atoms with Gasteiger partial charge >= 0.3 is 110 Å². The zero-order valence-electron chi connectivity index (χ0n) is 11.0. The first-order chi connectivity index (χ1) is 9.08. The van der Waals surface area contributed by atoms with Gasteiger partial charge in [0.2, 0.25) is 0 Å². The van der Waals surface area contributed by atoms with Gasteiger partial charge in [-0.25, -0.2) is 19.2 Å². The predicted octanol–water partition coefficient (Wildman–Crippen LogP) is -2.32. The number of aliphatic carboxylic acids is 4. The van der Waals surface area contributed by atoms with Crippen LogP contribution in [0.4, 0.5) is 0 Å². The van der Waals surface area contributed by atoms with Crippen molar-refractivity contribution < 1.29 is 59.8 Å². The molecule has 0 heterocycles. The monoisotopic (exact) mass is 401 g/mol. The molecule has 0 aliphatic carbocycles. The van der Waals surface area contributed by atoms with Gasteiger partial charge in [-0.2, -0.15) is 0 Å². The Morgan fingerprint density at radius 2 is 0.913 bits per heavy atom. The van der Waals surface area contributed by atoms with Crippen LogP contribution < -0.4 is 6.15 Å². The fourth-order valence-electron chi connectivity index (χ4n) is 1.48. The number of rotatable bonds is 8. The van der Waals surface area contributed by atoms with Gasteiger partial charge in [-0.15, -0.1) is 0 Å². The first-order valence-corrected chi connectivity index (χ1v) is 5.59. The Bertz CT molecular complexity index is 339. The number of nitrogens with zero attached hydrogens (tertiary/aromatic N) is 1. The summed E-state index contributed by atoms with van der Waals surface area (Å²) in [5.41, 5.74) is 0. The first-order valence-electron chi connectivity index (χ1n) is 4.99. The van der Waals surface area contributed by atoms with Gasteiger partial charge in [0, 0.05) is 0 Å². The standard InChI is InChI=1S/C8H11NO8.C2H3.Co.H3N.2Na.2H/c10-5(11)1-9(2-6(12)13,3-7(14)15)4-8(16)17;1-2;;;;;;/h1-4H2,(H3-,10,11,12,13,14,15,16,17);1H,2H2;;1H3;;;;/p+1. The molecule has 23 heavy (non-hydrogen) atoms. The molecule has 128 valence electrons. The normalized spacial score (nSPS) is 8.61. The molecule has 0 fully saturated rings. The average Bonchev–Trinajstić information content (AvgIpc) is 2.11. The fourth-order valence-corrected chi connectivity index (χ4v) is 1.48. The van der Waals surface area contributed by atoms with E-state index in [0.29, 0.717) is 0 Å². The van der Waals surface area contributed by atoms with Crippen LogP contribution in [0.15, 0.2) is 11.6 Å². The zero-order valence-corrected chi connectivity index (χ0v) is 12.1. The summed E-state index contributed by atoms with van der Waals surface area (Å²) in [6.45, 7) is -0.314. The van der Waals surface area contributed by atoms with Crippen LogP contribution in [0, 0.1) is 0 Å². The summed E-state index contributed by atoms with van der Waals surface area (Å²) in [5, 5.41) is 35.8. The van der Waals surface area contributed by atoms with Crippen molar-refractivity contribution in [3.05, 3.63) is 11.6 Å². The van der Waals surface area contributed by atoms with Crippen molar-refractivity contribution in [2.24, 2.45) is 0 Å². The van der Waals surface area contributed by atoms with Crippen LogP contribution in [0.3, 0.4) is 0 Å². The molecule has 7 N–H and O–H groups in total. The van der Waals surface area contributed by atoms with E-state index >= 15 is 0 Å². The summed E-state index contributed by atoms with van der Waals surface area (Å²) in [6.07, 6.45) is 0. The van der Waals surface area contributed by atoms with E-state index in [0.717, 1.165) is 0 Å². The zero-order chi connectivity index (χ0) is 16.3. The van der Waals surface area contributed by atoms with E-state index in [1.165, 1.54) is 5.01 Å². The number of quaternary nitrogens is 1. The van der Waals surface area contributed by atoms with Gasteiger partial charge in [0.25, 0.3) is 0 Å². The van der Waals surface area contributed by atoms with Gasteiger partial charge in [0.1, 0.15) is 0 Å². The Morgan fingerprint density at radius 1 is 0.783 bits per heavy atom. The van der Waals surface area contributed by atoms with Crippen molar-refractivity contribution in [1.29, 1.82) is 0 Å². The van der Waals surface area contributed by atoms with Crippen LogP contribution in [0.5, 0.6) is 0 Å². The number of carboxylic acids is 4. The number of hydrogen-bond donors (Lipinski definition) is 5. The SMILES string of the molecule is C=[CH][Co].N.O=C(O)C[N+](CC(=O)O)(CC(=O)O)CC(=O)O.[NaH].[NaH]. The van der Waals surface area contributed by atoms with E-state index in [1.807, 2.05) is 0 Å². The predicted molar refractivity (Wildman–Crippen MR) is 79.8 cm³/mol. The van der Waals surface area contributed by atoms with E-state index in [4.69, 9.17) is 20.4 Å². The van der Waals surface area contributed by atoms with E-state index in [1.54, 1.807) is 0 Å². The summed E-state index contributed by atoms with van der Waals surface area (Å²) in [7, 11) is 0. The molecule has 13 heteroatoms. The van der Waals surface area contributed by atoms with Crippen molar-refractivity contribution in [2.45, 2.75) is 0 Å². The topological polar surface area (TPSA) is 184 Å². The second-order valence-corrected chi connectivity index (χ2v) is 4.11. The molecule has 0 radical (unpaired) electrons. The molecule has 0 bridgehead atoms. The molecular weight excluding hydrogens is 381 g/mol. The van der Waals surface area contributed by atoms with Crippen LogP contribution in [0.25, 0.3) is 0 Å². The summed E-state index contributed by atoms with van der Waals surface area (Å²) in [5.74, 6) is -5.86. The fraction of sp³-hybridized carbons (Fsp3) is 0.400.